The third-order valence-electron chi connectivity index (χ3n) is 6.13. The van der Waals surface area contributed by atoms with Gasteiger partial charge in [-0.3, -0.25) is 5.10 Å². The zero-order valence-corrected chi connectivity index (χ0v) is 10.8. The van der Waals surface area contributed by atoms with Gasteiger partial charge in [-0.05, 0) is 55.8 Å². The summed E-state index contributed by atoms with van der Waals surface area (Å²) in [5.74, 6) is 4.82. The highest BCUT2D eigenvalue weighted by atomic mass is 15.2. The van der Waals surface area contributed by atoms with Gasteiger partial charge in [-0.15, -0.1) is 0 Å². The number of nitrogens with zero attached hydrogens (tertiary/aromatic N) is 1. The van der Waals surface area contributed by atoms with E-state index < -0.39 is 0 Å². The first kappa shape index (κ1) is 10.0. The van der Waals surface area contributed by atoms with Gasteiger partial charge in [-0.1, -0.05) is 0 Å². The molecule has 96 valence electrons. The summed E-state index contributed by atoms with van der Waals surface area (Å²) in [6.07, 6.45) is 7.51. The lowest BCUT2D eigenvalue weighted by Gasteiger charge is -2.54. The quantitative estimate of drug-likeness (QED) is 0.796. The predicted molar refractivity (Wildman–Crippen MR) is 68.9 cm³/mol. The van der Waals surface area contributed by atoms with Crippen LogP contribution in [0.5, 0.6) is 0 Å². The van der Waals surface area contributed by atoms with Gasteiger partial charge in [0.15, 0.2) is 0 Å². The monoisotopic (exact) mass is 243 g/mol. The Morgan fingerprint density at radius 3 is 2.33 bits per heavy atom. The van der Waals surface area contributed by atoms with E-state index in [9.17, 15) is 0 Å². The minimum atomic E-state index is 0.790. The molecule has 1 aromatic heterocycles. The molecule has 3 heteroatoms. The molecule has 0 saturated heterocycles. The van der Waals surface area contributed by atoms with E-state index in [1.807, 2.05) is 0 Å². The fourth-order valence-electron chi connectivity index (χ4n) is 5.72. The molecule has 0 atom stereocenters. The van der Waals surface area contributed by atoms with Crippen molar-refractivity contribution in [3.63, 3.8) is 0 Å². The first-order valence-electron chi connectivity index (χ1n) is 7.65. The second-order valence-corrected chi connectivity index (χ2v) is 7.13. The Morgan fingerprint density at radius 1 is 0.889 bits per heavy atom. The molecule has 6 rings (SSSR count). The topological polar surface area (TPSA) is 40.7 Å². The molecular weight excluding hydrogens is 222 g/mol. The largest absolute Gasteiger partial charge is 0.307 e. The number of rotatable bonds is 1. The number of nitrogens with one attached hydrogen (secondary N) is 2. The van der Waals surface area contributed by atoms with E-state index in [1.54, 1.807) is 6.42 Å². The number of aromatic nitrogens is 2. The van der Waals surface area contributed by atoms with E-state index in [-0.39, 0.29) is 0 Å². The van der Waals surface area contributed by atoms with Crippen molar-refractivity contribution in [3.05, 3.63) is 17.0 Å². The molecule has 0 unspecified atom stereocenters. The first-order chi connectivity index (χ1) is 8.88. The van der Waals surface area contributed by atoms with Crippen LogP contribution < -0.4 is 5.32 Å². The summed E-state index contributed by atoms with van der Waals surface area (Å²) in [5.41, 5.74) is 4.33. The van der Waals surface area contributed by atoms with Gasteiger partial charge >= 0.3 is 0 Å². The van der Waals surface area contributed by atoms with E-state index in [0.29, 0.717) is 0 Å². The molecule has 0 amide bonds. The van der Waals surface area contributed by atoms with E-state index in [4.69, 9.17) is 5.10 Å². The maximum absolute atomic E-state index is 4.72. The Balaban J connectivity index is 1.56. The van der Waals surface area contributed by atoms with Crippen LogP contribution in [0.4, 0.5) is 0 Å². The molecule has 0 aromatic carbocycles. The molecule has 4 saturated carbocycles. The molecular formula is C15H21N3. The maximum Gasteiger partial charge on any atom is 0.0706 e. The van der Waals surface area contributed by atoms with Crippen LogP contribution in [0.15, 0.2) is 0 Å². The van der Waals surface area contributed by atoms with Crippen LogP contribution >= 0.6 is 0 Å². The average molecular weight is 243 g/mol. The maximum atomic E-state index is 4.72. The Labute approximate surface area is 108 Å². The predicted octanol–water partition coefficient (Wildman–Crippen LogP) is 2.55. The molecule has 0 radical (unpaired) electrons. The molecule has 0 spiro atoms. The SMILES string of the molecule is C1NCc2c(C3C4CC5CC(C4)CC3C5)n[nH]c21. The van der Waals surface area contributed by atoms with Gasteiger partial charge in [0, 0.05) is 24.6 Å². The zero-order chi connectivity index (χ0) is 11.7. The molecule has 1 aromatic rings. The van der Waals surface area contributed by atoms with Crippen LogP contribution in [0, 0.1) is 23.7 Å². The van der Waals surface area contributed by atoms with E-state index in [2.05, 4.69) is 10.4 Å². The van der Waals surface area contributed by atoms with Crippen LogP contribution in [-0.2, 0) is 13.1 Å². The zero-order valence-electron chi connectivity index (χ0n) is 10.8. The summed E-state index contributed by atoms with van der Waals surface area (Å²) in [6, 6.07) is 0. The first-order valence-corrected chi connectivity index (χ1v) is 7.65. The molecule has 5 aliphatic rings. The summed E-state index contributed by atoms with van der Waals surface area (Å²) >= 11 is 0. The van der Waals surface area contributed by atoms with Crippen molar-refractivity contribution in [2.24, 2.45) is 23.7 Å². The molecule has 4 fully saturated rings. The number of hydrogen-bond acceptors (Lipinski definition) is 2. The average Bonchev–Trinajstić information content (AvgIpc) is 2.91. The highest BCUT2D eigenvalue weighted by molar-refractivity contribution is 5.33. The Bertz CT molecular complexity index is 462. The van der Waals surface area contributed by atoms with Crippen LogP contribution in [-0.4, -0.2) is 10.2 Å². The van der Waals surface area contributed by atoms with Gasteiger partial charge in [0.1, 0.15) is 0 Å². The number of fused-ring (bicyclic) bond motifs is 1. The van der Waals surface area contributed by atoms with Crippen molar-refractivity contribution < 1.29 is 0 Å². The smallest absolute Gasteiger partial charge is 0.0706 e. The second kappa shape index (κ2) is 3.38. The fourth-order valence-corrected chi connectivity index (χ4v) is 5.72. The Hall–Kier alpha value is -0.830. The lowest BCUT2D eigenvalue weighted by atomic mass is 9.51. The van der Waals surface area contributed by atoms with Crippen LogP contribution in [0.1, 0.15) is 55.0 Å². The molecule has 4 aliphatic carbocycles. The summed E-state index contributed by atoms with van der Waals surface area (Å²) in [5, 5.41) is 11.5. The number of hydrogen-bond donors (Lipinski definition) is 2. The normalized spacial score (nSPS) is 44.6. The highest BCUT2D eigenvalue weighted by Gasteiger charge is 2.50. The van der Waals surface area contributed by atoms with E-state index in [0.717, 1.165) is 42.7 Å². The molecule has 4 bridgehead atoms. The standard InChI is InChI=1S/C15H21N3/c1-8-2-10-4-9(1)5-11(3-8)14(10)15-12-6-16-7-13(12)17-18-15/h8-11,14,16H,1-7H2,(H,17,18). The molecule has 2 heterocycles. The van der Waals surface area contributed by atoms with Gasteiger partial charge in [0.25, 0.3) is 0 Å². The van der Waals surface area contributed by atoms with Crippen LogP contribution in [0.3, 0.4) is 0 Å². The van der Waals surface area contributed by atoms with Crippen molar-refractivity contribution in [1.29, 1.82) is 0 Å². The summed E-state index contributed by atoms with van der Waals surface area (Å²) in [7, 11) is 0. The van der Waals surface area contributed by atoms with Crippen LogP contribution in [0.2, 0.25) is 0 Å². The molecule has 1 aliphatic heterocycles. The summed E-state index contributed by atoms with van der Waals surface area (Å²) in [6.45, 7) is 2.04. The molecule has 3 nitrogen and oxygen atoms in total. The van der Waals surface area contributed by atoms with Crippen molar-refractivity contribution in [1.82, 2.24) is 15.5 Å². The number of H-pyrrole nitrogens is 1. The van der Waals surface area contributed by atoms with Gasteiger partial charge in [0.2, 0.25) is 0 Å². The van der Waals surface area contributed by atoms with Gasteiger partial charge in [-0.2, -0.15) is 5.10 Å². The van der Waals surface area contributed by atoms with Crippen LogP contribution in [0.25, 0.3) is 0 Å². The third kappa shape index (κ3) is 1.21. The Morgan fingerprint density at radius 2 is 1.61 bits per heavy atom. The minimum Gasteiger partial charge on any atom is -0.307 e. The Kier molecular flexibility index (Phi) is 1.88. The fraction of sp³-hybridized carbons (Fsp3) is 0.800. The van der Waals surface area contributed by atoms with Gasteiger partial charge in [-0.25, -0.2) is 0 Å². The van der Waals surface area contributed by atoms with Gasteiger partial charge in [0.05, 0.1) is 11.4 Å². The number of aromatic amines is 1. The lowest BCUT2D eigenvalue weighted by Crippen LogP contribution is -2.44. The summed E-state index contributed by atoms with van der Waals surface area (Å²) in [4.78, 5) is 0. The molecule has 18 heavy (non-hydrogen) atoms. The van der Waals surface area contributed by atoms with Crippen molar-refractivity contribution in [2.75, 3.05) is 0 Å². The van der Waals surface area contributed by atoms with E-state index >= 15 is 0 Å². The second-order valence-electron chi connectivity index (χ2n) is 7.13. The van der Waals surface area contributed by atoms with E-state index in [1.165, 1.54) is 42.6 Å². The minimum absolute atomic E-state index is 0.790. The van der Waals surface area contributed by atoms with Crippen molar-refractivity contribution in [3.8, 4) is 0 Å². The highest BCUT2D eigenvalue weighted by Crippen LogP contribution is 2.60. The third-order valence-corrected chi connectivity index (χ3v) is 6.13. The lowest BCUT2D eigenvalue weighted by molar-refractivity contribution is -0.00444. The van der Waals surface area contributed by atoms with Crippen molar-refractivity contribution in [2.45, 2.75) is 51.1 Å². The molecule has 2 N–H and O–H groups in total. The van der Waals surface area contributed by atoms with Crippen molar-refractivity contribution >= 4 is 0 Å². The summed E-state index contributed by atoms with van der Waals surface area (Å²) < 4.78 is 0. The van der Waals surface area contributed by atoms with Gasteiger partial charge < -0.3 is 5.32 Å².